The van der Waals surface area contributed by atoms with Crippen molar-refractivity contribution in [2.45, 2.75) is 32.1 Å². The van der Waals surface area contributed by atoms with Crippen LogP contribution in [0.1, 0.15) is 36.6 Å². The van der Waals surface area contributed by atoms with E-state index in [-0.39, 0.29) is 35.3 Å². The van der Waals surface area contributed by atoms with E-state index in [0.29, 0.717) is 29.4 Å². The zero-order valence-electron chi connectivity index (χ0n) is 18.3. The summed E-state index contributed by atoms with van der Waals surface area (Å²) in [7, 11) is 1.63. The molecule has 2 N–H and O–H groups in total. The van der Waals surface area contributed by atoms with E-state index >= 15 is 0 Å². The predicted molar refractivity (Wildman–Crippen MR) is 117 cm³/mol. The molecule has 3 aliphatic rings. The van der Waals surface area contributed by atoms with Gasteiger partial charge in [-0.1, -0.05) is 18.2 Å². The normalized spacial score (nSPS) is 21.5. The molecule has 1 saturated carbocycles. The molecule has 0 saturated heterocycles. The monoisotopic (exact) mass is 435 g/mol. The lowest BCUT2D eigenvalue weighted by Gasteiger charge is -2.35. The Kier molecular flexibility index (Phi) is 4.44. The number of benzene rings is 1. The molecule has 8 heteroatoms. The number of nitrogens with zero attached hydrogens (tertiary/aromatic N) is 2. The Bertz CT molecular complexity index is 1260. The number of carbonyl (C=O) groups excluding carboxylic acids is 2. The maximum absolute atomic E-state index is 14.3. The Labute approximate surface area is 185 Å². The Morgan fingerprint density at radius 3 is 2.69 bits per heavy atom. The van der Waals surface area contributed by atoms with Crippen LogP contribution in [-0.2, 0) is 26.8 Å². The van der Waals surface area contributed by atoms with Crippen LogP contribution in [0.4, 0.5) is 5.69 Å². The van der Waals surface area contributed by atoms with E-state index in [2.05, 4.69) is 0 Å². The van der Waals surface area contributed by atoms with Gasteiger partial charge in [-0.25, -0.2) is 4.79 Å². The van der Waals surface area contributed by atoms with Crippen LogP contribution in [0.5, 0.6) is 5.75 Å². The van der Waals surface area contributed by atoms with Gasteiger partial charge in [0.25, 0.3) is 5.56 Å². The van der Waals surface area contributed by atoms with Crippen LogP contribution in [0.25, 0.3) is 0 Å². The van der Waals surface area contributed by atoms with Crippen molar-refractivity contribution in [3.05, 3.63) is 69.0 Å². The van der Waals surface area contributed by atoms with E-state index in [1.807, 2.05) is 12.1 Å². The van der Waals surface area contributed by atoms with Gasteiger partial charge >= 0.3 is 5.97 Å². The summed E-state index contributed by atoms with van der Waals surface area (Å²) in [5, 5.41) is 0. The standard InChI is InChI=1S/C24H25N3O5/c1-4-31-22(29)19-20(25)32-17-11-13(2)26(3)21(28)18(17)24(19)15-7-5-6-8-16(15)27(23(24)30)12-14-9-10-14/h5-8,11,14H,4,9-10,12,25H2,1-3H3. The van der Waals surface area contributed by atoms with E-state index in [9.17, 15) is 14.4 Å². The second kappa shape index (κ2) is 6.98. The number of para-hydroxylation sites is 1. The minimum absolute atomic E-state index is 0.0894. The number of nitrogens with two attached hydrogens (primary N) is 1. The third-order valence-electron chi connectivity index (χ3n) is 6.63. The molecule has 32 heavy (non-hydrogen) atoms. The van der Waals surface area contributed by atoms with Crippen molar-refractivity contribution in [2.24, 2.45) is 18.7 Å². The summed E-state index contributed by atoms with van der Waals surface area (Å²) < 4.78 is 12.5. The highest BCUT2D eigenvalue weighted by molar-refractivity contribution is 6.18. The number of aromatic nitrogens is 1. The number of fused-ring (bicyclic) bond motifs is 4. The molecule has 1 aromatic carbocycles. The number of hydrogen-bond donors (Lipinski definition) is 1. The average Bonchev–Trinajstić information content (AvgIpc) is 3.55. The number of aryl methyl sites for hydroxylation is 1. The van der Waals surface area contributed by atoms with Crippen LogP contribution in [-0.4, -0.2) is 29.6 Å². The van der Waals surface area contributed by atoms with E-state index in [1.54, 1.807) is 44.0 Å². The SMILES string of the molecule is CCOC(=O)C1=C(N)Oc2cc(C)n(C)c(=O)c2C12C(=O)N(CC1CC1)c1ccccc12. The second-order valence-corrected chi connectivity index (χ2v) is 8.58. The van der Waals surface area contributed by atoms with Gasteiger partial charge in [-0.05, 0) is 38.7 Å². The second-order valence-electron chi connectivity index (χ2n) is 8.58. The molecule has 2 aliphatic heterocycles. The van der Waals surface area contributed by atoms with E-state index in [4.69, 9.17) is 15.2 Å². The molecule has 1 amide bonds. The molecule has 1 aromatic heterocycles. The van der Waals surface area contributed by atoms with Crippen molar-refractivity contribution >= 4 is 17.6 Å². The molecule has 8 nitrogen and oxygen atoms in total. The predicted octanol–water partition coefficient (Wildman–Crippen LogP) is 1.86. The van der Waals surface area contributed by atoms with Crippen LogP contribution in [0.3, 0.4) is 0 Å². The summed E-state index contributed by atoms with van der Waals surface area (Å²) in [6.07, 6.45) is 2.09. The van der Waals surface area contributed by atoms with Crippen LogP contribution in [0, 0.1) is 12.8 Å². The van der Waals surface area contributed by atoms with E-state index < -0.39 is 16.9 Å². The van der Waals surface area contributed by atoms with Gasteiger partial charge in [-0.3, -0.25) is 9.59 Å². The zero-order valence-corrected chi connectivity index (χ0v) is 18.3. The summed E-state index contributed by atoms with van der Waals surface area (Å²) in [5.74, 6) is -0.779. The maximum Gasteiger partial charge on any atom is 0.341 e. The molecular formula is C24H25N3O5. The van der Waals surface area contributed by atoms with Crippen LogP contribution >= 0.6 is 0 Å². The van der Waals surface area contributed by atoms with Crippen molar-refractivity contribution < 1.29 is 19.1 Å². The number of amides is 1. The Balaban J connectivity index is 1.89. The third kappa shape index (κ3) is 2.58. The first kappa shape index (κ1) is 20.4. The molecule has 166 valence electrons. The van der Waals surface area contributed by atoms with E-state index in [1.165, 1.54) is 4.57 Å². The first-order chi connectivity index (χ1) is 15.3. The molecule has 1 fully saturated rings. The van der Waals surface area contributed by atoms with Crippen LogP contribution < -0.4 is 20.9 Å². The smallest absolute Gasteiger partial charge is 0.341 e. The first-order valence-corrected chi connectivity index (χ1v) is 10.8. The molecule has 1 atom stereocenters. The molecule has 0 radical (unpaired) electrons. The number of esters is 1. The molecule has 5 rings (SSSR count). The van der Waals surface area contributed by atoms with Gasteiger partial charge in [0.2, 0.25) is 11.8 Å². The molecule has 1 spiro atoms. The lowest BCUT2D eigenvalue weighted by atomic mass is 9.68. The minimum Gasteiger partial charge on any atom is -0.462 e. The van der Waals surface area contributed by atoms with E-state index in [0.717, 1.165) is 12.8 Å². The molecule has 1 unspecified atom stereocenters. The molecule has 1 aliphatic carbocycles. The van der Waals surface area contributed by atoms with Crippen molar-refractivity contribution in [3.63, 3.8) is 0 Å². The van der Waals surface area contributed by atoms with Gasteiger partial charge < -0.3 is 24.7 Å². The zero-order chi connectivity index (χ0) is 22.8. The summed E-state index contributed by atoms with van der Waals surface area (Å²) in [6, 6.07) is 8.93. The van der Waals surface area contributed by atoms with Crippen molar-refractivity contribution in [1.29, 1.82) is 0 Å². The van der Waals surface area contributed by atoms with Gasteiger partial charge in [0.05, 0.1) is 12.2 Å². The summed E-state index contributed by atoms with van der Waals surface area (Å²) >= 11 is 0. The van der Waals surface area contributed by atoms with Crippen molar-refractivity contribution in [3.8, 4) is 5.75 Å². The lowest BCUT2D eigenvalue weighted by Crippen LogP contribution is -2.52. The fourth-order valence-electron chi connectivity index (χ4n) is 4.83. The number of carbonyl (C=O) groups is 2. The fraction of sp³-hybridized carbons (Fsp3) is 0.375. The highest BCUT2D eigenvalue weighted by Crippen LogP contribution is 2.55. The molecule has 2 aromatic rings. The quantitative estimate of drug-likeness (QED) is 0.736. The number of pyridine rings is 1. The topological polar surface area (TPSA) is 104 Å². The molecular weight excluding hydrogens is 410 g/mol. The van der Waals surface area contributed by atoms with Gasteiger partial charge in [0.15, 0.2) is 0 Å². The van der Waals surface area contributed by atoms with Crippen LogP contribution in [0.2, 0.25) is 0 Å². The van der Waals surface area contributed by atoms with Crippen molar-refractivity contribution in [1.82, 2.24) is 4.57 Å². The van der Waals surface area contributed by atoms with Gasteiger partial charge in [-0.15, -0.1) is 0 Å². The van der Waals surface area contributed by atoms with Gasteiger partial charge in [-0.2, -0.15) is 0 Å². The fourth-order valence-corrected chi connectivity index (χ4v) is 4.83. The minimum atomic E-state index is -1.72. The average molecular weight is 435 g/mol. The number of hydrogen-bond acceptors (Lipinski definition) is 6. The number of rotatable bonds is 4. The molecule has 0 bridgehead atoms. The Morgan fingerprint density at radius 1 is 1.28 bits per heavy atom. The van der Waals surface area contributed by atoms with Gasteiger partial charge in [0, 0.05) is 36.6 Å². The number of ether oxygens (including phenoxy) is 2. The Morgan fingerprint density at radius 2 is 2.00 bits per heavy atom. The largest absolute Gasteiger partial charge is 0.462 e. The highest BCUT2D eigenvalue weighted by Gasteiger charge is 2.62. The maximum atomic E-state index is 14.3. The molecule has 3 heterocycles. The van der Waals surface area contributed by atoms with Gasteiger partial charge in [0.1, 0.15) is 16.7 Å². The Hall–Kier alpha value is -3.55. The number of anilines is 1. The highest BCUT2D eigenvalue weighted by atomic mass is 16.5. The lowest BCUT2D eigenvalue weighted by molar-refractivity contribution is -0.140. The third-order valence-corrected chi connectivity index (χ3v) is 6.63. The van der Waals surface area contributed by atoms with Crippen molar-refractivity contribution in [2.75, 3.05) is 18.1 Å². The summed E-state index contributed by atoms with van der Waals surface area (Å²) in [4.78, 5) is 42.8. The summed E-state index contributed by atoms with van der Waals surface area (Å²) in [6.45, 7) is 4.05. The summed E-state index contributed by atoms with van der Waals surface area (Å²) in [5.41, 5.74) is 5.96. The van der Waals surface area contributed by atoms with Crippen LogP contribution in [0.15, 0.2) is 46.6 Å². The first-order valence-electron chi connectivity index (χ1n) is 10.8.